The average molecular weight is 247 g/mol. The summed E-state index contributed by atoms with van der Waals surface area (Å²) in [7, 11) is 4.40. The van der Waals surface area contributed by atoms with Crippen LogP contribution in [0.1, 0.15) is 17.5 Å². The number of likely N-dealkylation sites (tertiary alicyclic amines) is 1. The Kier molecular flexibility index (Phi) is 4.25. The quantitative estimate of drug-likeness (QED) is 0.881. The highest BCUT2D eigenvalue weighted by Gasteiger charge is 2.22. The highest BCUT2D eigenvalue weighted by atomic mass is 15.2. The standard InChI is InChI=1S/C15H25N3/c1-12-5-4-6-14(9-16)15(12)18(3)11-13-7-8-17(2)10-13/h4-6,13H,7-11,16H2,1-3H3. The second kappa shape index (κ2) is 5.72. The van der Waals surface area contributed by atoms with E-state index in [0.717, 1.165) is 12.5 Å². The first-order valence-electron chi connectivity index (χ1n) is 6.80. The molecule has 0 aromatic heterocycles. The van der Waals surface area contributed by atoms with Crippen LogP contribution >= 0.6 is 0 Å². The molecule has 1 unspecified atom stereocenters. The van der Waals surface area contributed by atoms with Gasteiger partial charge in [-0.2, -0.15) is 0 Å². The molecule has 1 saturated heterocycles. The Balaban J connectivity index is 2.10. The van der Waals surface area contributed by atoms with E-state index in [9.17, 15) is 0 Å². The highest BCUT2D eigenvalue weighted by Crippen LogP contribution is 2.26. The van der Waals surface area contributed by atoms with Crippen molar-refractivity contribution in [1.82, 2.24) is 4.90 Å². The number of anilines is 1. The SMILES string of the molecule is Cc1cccc(CN)c1N(C)CC1CCN(C)C1. The van der Waals surface area contributed by atoms with E-state index in [-0.39, 0.29) is 0 Å². The Morgan fingerprint density at radius 1 is 1.44 bits per heavy atom. The summed E-state index contributed by atoms with van der Waals surface area (Å²) in [6.45, 7) is 6.37. The number of hydrogen-bond acceptors (Lipinski definition) is 3. The lowest BCUT2D eigenvalue weighted by atomic mass is 10.0. The minimum absolute atomic E-state index is 0.617. The summed E-state index contributed by atoms with van der Waals surface area (Å²) >= 11 is 0. The molecule has 0 saturated carbocycles. The lowest BCUT2D eigenvalue weighted by molar-refractivity contribution is 0.396. The molecule has 1 aliphatic heterocycles. The van der Waals surface area contributed by atoms with Crippen LogP contribution in [0.15, 0.2) is 18.2 Å². The predicted molar refractivity (Wildman–Crippen MR) is 77.9 cm³/mol. The molecule has 0 bridgehead atoms. The monoisotopic (exact) mass is 247 g/mol. The van der Waals surface area contributed by atoms with E-state index >= 15 is 0 Å². The lowest BCUT2D eigenvalue weighted by Crippen LogP contribution is -2.28. The van der Waals surface area contributed by atoms with Crippen LogP contribution in [-0.2, 0) is 6.54 Å². The molecule has 1 aromatic carbocycles. The van der Waals surface area contributed by atoms with Crippen molar-refractivity contribution in [2.24, 2.45) is 11.7 Å². The number of hydrogen-bond donors (Lipinski definition) is 1. The summed E-state index contributed by atoms with van der Waals surface area (Å²) in [5.74, 6) is 0.783. The van der Waals surface area contributed by atoms with Gasteiger partial charge in [-0.25, -0.2) is 0 Å². The molecule has 2 N–H and O–H groups in total. The van der Waals surface area contributed by atoms with E-state index in [1.165, 1.54) is 36.3 Å². The lowest BCUT2D eigenvalue weighted by Gasteiger charge is -2.27. The minimum atomic E-state index is 0.617. The molecular formula is C15H25N3. The van der Waals surface area contributed by atoms with Gasteiger partial charge in [0.05, 0.1) is 0 Å². The molecule has 100 valence electrons. The third-order valence-electron chi connectivity index (χ3n) is 3.94. The zero-order valence-corrected chi connectivity index (χ0v) is 11.8. The van der Waals surface area contributed by atoms with Gasteiger partial charge in [0.1, 0.15) is 0 Å². The highest BCUT2D eigenvalue weighted by molar-refractivity contribution is 5.58. The predicted octanol–water partition coefficient (Wildman–Crippen LogP) is 1.84. The van der Waals surface area contributed by atoms with Crippen molar-refractivity contribution in [2.75, 3.05) is 38.6 Å². The first-order valence-corrected chi connectivity index (χ1v) is 6.80. The van der Waals surface area contributed by atoms with E-state index in [1.54, 1.807) is 0 Å². The Labute approximate surface area is 111 Å². The van der Waals surface area contributed by atoms with Gasteiger partial charge in [0, 0.05) is 32.4 Å². The van der Waals surface area contributed by atoms with E-state index in [1.807, 2.05) is 0 Å². The molecule has 3 heteroatoms. The van der Waals surface area contributed by atoms with Gasteiger partial charge in [0.25, 0.3) is 0 Å². The third kappa shape index (κ3) is 2.85. The summed E-state index contributed by atoms with van der Waals surface area (Å²) in [4.78, 5) is 4.81. The first kappa shape index (κ1) is 13.4. The van der Waals surface area contributed by atoms with Gasteiger partial charge in [0.15, 0.2) is 0 Å². The summed E-state index contributed by atoms with van der Waals surface area (Å²) in [6.07, 6.45) is 1.31. The zero-order valence-electron chi connectivity index (χ0n) is 11.8. The van der Waals surface area contributed by atoms with Gasteiger partial charge in [-0.15, -0.1) is 0 Å². The van der Waals surface area contributed by atoms with Gasteiger partial charge in [-0.3, -0.25) is 0 Å². The fraction of sp³-hybridized carbons (Fsp3) is 0.600. The Bertz CT molecular complexity index is 403. The van der Waals surface area contributed by atoms with E-state index in [4.69, 9.17) is 5.73 Å². The Hall–Kier alpha value is -1.06. The maximum atomic E-state index is 5.85. The van der Waals surface area contributed by atoms with E-state index in [0.29, 0.717) is 6.54 Å². The van der Waals surface area contributed by atoms with Crippen LogP contribution in [0.25, 0.3) is 0 Å². The molecule has 0 aliphatic carbocycles. The van der Waals surface area contributed by atoms with Crippen LogP contribution in [0.5, 0.6) is 0 Å². The van der Waals surface area contributed by atoms with Crippen LogP contribution < -0.4 is 10.6 Å². The molecule has 18 heavy (non-hydrogen) atoms. The number of para-hydroxylation sites is 1. The third-order valence-corrected chi connectivity index (χ3v) is 3.94. The molecule has 1 atom stereocenters. The number of rotatable bonds is 4. The normalized spacial score (nSPS) is 20.3. The van der Waals surface area contributed by atoms with Crippen LogP contribution in [-0.4, -0.2) is 38.6 Å². The molecule has 3 nitrogen and oxygen atoms in total. The first-order chi connectivity index (χ1) is 8.61. The molecule has 1 aliphatic rings. The maximum Gasteiger partial charge on any atom is 0.0438 e. The topological polar surface area (TPSA) is 32.5 Å². The van der Waals surface area contributed by atoms with Crippen LogP contribution in [0.3, 0.4) is 0 Å². The summed E-state index contributed by atoms with van der Waals surface area (Å²) in [5.41, 5.74) is 9.76. The van der Waals surface area contributed by atoms with Crippen molar-refractivity contribution in [2.45, 2.75) is 19.9 Å². The van der Waals surface area contributed by atoms with Crippen molar-refractivity contribution in [1.29, 1.82) is 0 Å². The summed E-state index contributed by atoms with van der Waals surface area (Å²) in [6, 6.07) is 6.41. The molecular weight excluding hydrogens is 222 g/mol. The molecule has 0 amide bonds. The number of aryl methyl sites for hydroxylation is 1. The van der Waals surface area contributed by atoms with Crippen molar-refractivity contribution in [3.05, 3.63) is 29.3 Å². The smallest absolute Gasteiger partial charge is 0.0438 e. The molecule has 1 fully saturated rings. The maximum absolute atomic E-state index is 5.85. The van der Waals surface area contributed by atoms with Gasteiger partial charge in [-0.05, 0) is 44.0 Å². The second-order valence-electron chi connectivity index (χ2n) is 5.58. The average Bonchev–Trinajstić information content (AvgIpc) is 2.74. The fourth-order valence-corrected chi connectivity index (χ4v) is 3.08. The molecule has 0 radical (unpaired) electrons. The van der Waals surface area contributed by atoms with Crippen molar-refractivity contribution >= 4 is 5.69 Å². The van der Waals surface area contributed by atoms with Crippen molar-refractivity contribution in [3.8, 4) is 0 Å². The van der Waals surface area contributed by atoms with E-state index < -0.39 is 0 Å². The largest absolute Gasteiger partial charge is 0.374 e. The molecule has 1 aromatic rings. The molecule has 2 rings (SSSR count). The number of benzene rings is 1. The van der Waals surface area contributed by atoms with E-state index in [2.05, 4.69) is 49.0 Å². The van der Waals surface area contributed by atoms with Crippen LogP contribution in [0, 0.1) is 12.8 Å². The summed E-state index contributed by atoms with van der Waals surface area (Å²) < 4.78 is 0. The minimum Gasteiger partial charge on any atom is -0.374 e. The Morgan fingerprint density at radius 3 is 2.83 bits per heavy atom. The second-order valence-corrected chi connectivity index (χ2v) is 5.58. The van der Waals surface area contributed by atoms with Gasteiger partial charge in [-0.1, -0.05) is 18.2 Å². The van der Waals surface area contributed by atoms with Crippen LogP contribution in [0.2, 0.25) is 0 Å². The molecule has 1 heterocycles. The molecule has 0 spiro atoms. The summed E-state index contributed by atoms with van der Waals surface area (Å²) in [5, 5.41) is 0. The zero-order chi connectivity index (χ0) is 13.1. The number of nitrogens with two attached hydrogens (primary N) is 1. The Morgan fingerprint density at radius 2 is 2.22 bits per heavy atom. The fourth-order valence-electron chi connectivity index (χ4n) is 3.08. The number of nitrogens with zero attached hydrogens (tertiary/aromatic N) is 2. The van der Waals surface area contributed by atoms with Crippen LogP contribution in [0.4, 0.5) is 5.69 Å². The van der Waals surface area contributed by atoms with Gasteiger partial charge in [0.2, 0.25) is 0 Å². The van der Waals surface area contributed by atoms with Gasteiger partial charge >= 0.3 is 0 Å². The van der Waals surface area contributed by atoms with Crippen molar-refractivity contribution < 1.29 is 0 Å². The van der Waals surface area contributed by atoms with Crippen molar-refractivity contribution in [3.63, 3.8) is 0 Å². The van der Waals surface area contributed by atoms with Gasteiger partial charge < -0.3 is 15.5 Å².